The molecule has 4 bridgehead atoms. The Kier molecular flexibility index (Phi) is 16.0. The summed E-state index contributed by atoms with van der Waals surface area (Å²) in [5.41, 5.74) is -0.977. The van der Waals surface area contributed by atoms with Gasteiger partial charge in [-0.2, -0.15) is 0 Å². The second-order valence-electron chi connectivity index (χ2n) is 15.2. The molecule has 316 valence electrons. The number of aliphatic hydroxyl groups is 1. The van der Waals surface area contributed by atoms with Crippen LogP contribution in [0, 0.1) is 5.92 Å². The number of benzene rings is 1. The number of amides is 4. The molecule has 1 aromatic carbocycles. The summed E-state index contributed by atoms with van der Waals surface area (Å²) in [6.45, 7) is 7.47. The molecule has 3 aliphatic rings. The fourth-order valence-corrected chi connectivity index (χ4v) is 7.76. The predicted molar refractivity (Wildman–Crippen MR) is 216 cm³/mol. The van der Waals surface area contributed by atoms with Crippen LogP contribution in [0.5, 0.6) is 5.75 Å². The van der Waals surface area contributed by atoms with Crippen molar-refractivity contribution in [1.82, 2.24) is 15.5 Å². The van der Waals surface area contributed by atoms with Crippen LogP contribution < -0.4 is 20.3 Å². The molecule has 0 saturated carbocycles. The van der Waals surface area contributed by atoms with Crippen LogP contribution >= 0.6 is 27.5 Å². The normalized spacial score (nSPS) is 29.7. The number of methoxy groups -OCH3 is 2. The van der Waals surface area contributed by atoms with Gasteiger partial charge in [0.2, 0.25) is 17.7 Å². The molecular formula is C40H56BrClN4O11. The molecule has 15 nitrogen and oxygen atoms in total. The van der Waals surface area contributed by atoms with Crippen LogP contribution in [0.4, 0.5) is 10.5 Å². The molecule has 2 saturated heterocycles. The molecule has 57 heavy (non-hydrogen) atoms. The van der Waals surface area contributed by atoms with Gasteiger partial charge in [-0.3, -0.25) is 19.7 Å². The summed E-state index contributed by atoms with van der Waals surface area (Å²) in [6.07, 6.45) is 2.97. The van der Waals surface area contributed by atoms with E-state index in [1.807, 2.05) is 13.0 Å². The monoisotopic (exact) mass is 882 g/mol. The number of halogens is 2. The summed E-state index contributed by atoms with van der Waals surface area (Å²) in [4.78, 5) is 68.1. The summed E-state index contributed by atoms with van der Waals surface area (Å²) in [7, 11) is 6.00. The Morgan fingerprint density at radius 1 is 1.21 bits per heavy atom. The molecule has 2 fully saturated rings. The number of rotatable bonds is 12. The SMILES string of the molecule is COc1cc2cc(c1Cl)N(C)C(=O)CC(OC(=O)[C@H](C)N(C)C(=O)CCCCCNC(=O)CBr)C1(C)OC1C(C)C1CC(O)(NC(=O)O1)C(OC)/C=C/C=C(\C)C2. The maximum Gasteiger partial charge on any atom is 0.409 e. The van der Waals surface area contributed by atoms with E-state index in [0.29, 0.717) is 43.7 Å². The zero-order valence-electron chi connectivity index (χ0n) is 33.9. The standard InChI is InChI=1S/C40H56BrClN4O11/c1-23-13-12-14-30(54-8)40(52)21-29(55-38(51)44-40)24(2)36-39(4,57-36)31(20-34(49)46(6)27-18-26(17-23)19-28(53-7)35(27)42)56-37(50)25(3)45(5)33(48)15-10-9-11-16-43-32(47)22-41/h12-14,18-19,24-25,29-31,36,52H,9-11,15-17,20-22H2,1-8H3,(H,43,47)(H,44,51)/b14-12+,23-13+/t24?,25-,29?,30?,31?,36?,39?,40?/m0/s1. The van der Waals surface area contributed by atoms with E-state index >= 15 is 0 Å². The number of hydrogen-bond acceptors (Lipinski definition) is 11. The van der Waals surface area contributed by atoms with Gasteiger partial charge in [-0.1, -0.05) is 64.7 Å². The van der Waals surface area contributed by atoms with Gasteiger partial charge in [-0.25, -0.2) is 9.59 Å². The molecule has 0 radical (unpaired) electrons. The first kappa shape index (κ1) is 46.0. The zero-order valence-corrected chi connectivity index (χ0v) is 36.2. The maximum atomic E-state index is 14.2. The second-order valence-corrected chi connectivity index (χ2v) is 16.1. The molecule has 1 aromatic rings. The molecule has 17 heteroatoms. The molecular weight excluding hydrogens is 828 g/mol. The molecule has 3 heterocycles. The number of carbonyl (C=O) groups is 5. The van der Waals surface area contributed by atoms with Crippen molar-refractivity contribution in [3.05, 3.63) is 46.5 Å². The van der Waals surface area contributed by atoms with Crippen LogP contribution in [0.2, 0.25) is 5.02 Å². The van der Waals surface area contributed by atoms with E-state index in [1.165, 1.54) is 31.1 Å². The minimum absolute atomic E-state index is 0.0624. The summed E-state index contributed by atoms with van der Waals surface area (Å²) in [5, 5.41) is 17.5. The average Bonchev–Trinajstić information content (AvgIpc) is 3.87. The van der Waals surface area contributed by atoms with Gasteiger partial charge in [0.05, 0.1) is 30.7 Å². The smallest absolute Gasteiger partial charge is 0.409 e. The van der Waals surface area contributed by atoms with E-state index in [0.717, 1.165) is 11.1 Å². The lowest BCUT2D eigenvalue weighted by atomic mass is 9.83. The van der Waals surface area contributed by atoms with Gasteiger partial charge in [0.1, 0.15) is 40.7 Å². The highest BCUT2D eigenvalue weighted by Gasteiger charge is 2.64. The summed E-state index contributed by atoms with van der Waals surface area (Å²) in [6, 6.07) is 2.56. The number of esters is 1. The molecule has 4 rings (SSSR count). The Morgan fingerprint density at radius 3 is 2.60 bits per heavy atom. The van der Waals surface area contributed by atoms with Crippen molar-refractivity contribution in [2.75, 3.05) is 45.1 Å². The van der Waals surface area contributed by atoms with Crippen molar-refractivity contribution in [1.29, 1.82) is 0 Å². The summed E-state index contributed by atoms with van der Waals surface area (Å²) < 4.78 is 29.3. The number of unbranched alkanes of at least 4 members (excludes halogenated alkanes) is 2. The van der Waals surface area contributed by atoms with Crippen LogP contribution in [0.1, 0.15) is 71.8 Å². The van der Waals surface area contributed by atoms with Crippen molar-refractivity contribution < 1.29 is 52.8 Å². The van der Waals surface area contributed by atoms with E-state index in [-0.39, 0.29) is 41.4 Å². The quantitative estimate of drug-likeness (QED) is 0.116. The lowest BCUT2D eigenvalue weighted by Crippen LogP contribution is -2.63. The number of alkyl halides is 1. The first-order chi connectivity index (χ1) is 26.9. The van der Waals surface area contributed by atoms with Crippen LogP contribution in [-0.2, 0) is 44.5 Å². The van der Waals surface area contributed by atoms with Crippen molar-refractivity contribution in [2.24, 2.45) is 5.92 Å². The molecule has 8 atom stereocenters. The van der Waals surface area contributed by atoms with E-state index in [9.17, 15) is 29.1 Å². The number of ether oxygens (including phenoxy) is 5. The third-order valence-corrected chi connectivity index (χ3v) is 11.9. The molecule has 0 aliphatic carbocycles. The van der Waals surface area contributed by atoms with Crippen molar-refractivity contribution in [3.63, 3.8) is 0 Å². The topological polar surface area (TPSA) is 186 Å². The molecule has 4 amide bonds. The highest BCUT2D eigenvalue weighted by Crippen LogP contribution is 2.49. The Morgan fingerprint density at radius 2 is 1.93 bits per heavy atom. The number of nitrogens with one attached hydrogen (secondary N) is 2. The first-order valence-electron chi connectivity index (χ1n) is 19.1. The third kappa shape index (κ3) is 11.3. The largest absolute Gasteiger partial charge is 0.495 e. The van der Waals surface area contributed by atoms with Crippen LogP contribution in [0.15, 0.2) is 35.9 Å². The van der Waals surface area contributed by atoms with Gasteiger partial charge in [-0.15, -0.1) is 0 Å². The van der Waals surface area contributed by atoms with Gasteiger partial charge < -0.3 is 43.9 Å². The molecule has 3 N–H and O–H groups in total. The third-order valence-electron chi connectivity index (χ3n) is 11.0. The fraction of sp³-hybridized carbons (Fsp3) is 0.625. The number of nitrogens with zero attached hydrogens (tertiary/aromatic N) is 2. The highest BCUT2D eigenvalue weighted by molar-refractivity contribution is 9.09. The van der Waals surface area contributed by atoms with Crippen LogP contribution in [0.25, 0.3) is 0 Å². The molecule has 0 aromatic heterocycles. The number of alkyl carbamates (subject to hydrolysis) is 1. The minimum atomic E-state index is -1.84. The van der Waals surface area contributed by atoms with E-state index in [1.54, 1.807) is 52.1 Å². The molecule has 0 spiro atoms. The van der Waals surface area contributed by atoms with E-state index < -0.39 is 65.7 Å². The Balaban J connectivity index is 1.63. The number of likely N-dealkylation sites (N-methyl/N-ethyl adjacent to an activating group) is 1. The van der Waals surface area contributed by atoms with Crippen molar-refractivity contribution in [2.45, 2.75) is 114 Å². The summed E-state index contributed by atoms with van der Waals surface area (Å²) in [5.74, 6) is -1.74. The number of epoxide rings is 1. The van der Waals surface area contributed by atoms with Gasteiger partial charge in [0.25, 0.3) is 0 Å². The Hall–Kier alpha value is -3.70. The van der Waals surface area contributed by atoms with Crippen LogP contribution in [0.3, 0.4) is 0 Å². The lowest BCUT2D eigenvalue weighted by molar-refractivity contribution is -0.162. The van der Waals surface area contributed by atoms with Gasteiger partial charge in [0, 0.05) is 46.5 Å². The number of anilines is 1. The fourth-order valence-electron chi connectivity index (χ4n) is 7.25. The predicted octanol–water partition coefficient (Wildman–Crippen LogP) is 4.59. The van der Waals surface area contributed by atoms with Crippen LogP contribution in [-0.4, -0.2) is 122 Å². The van der Waals surface area contributed by atoms with E-state index in [2.05, 4.69) is 26.6 Å². The Bertz CT molecular complexity index is 1730. The Labute approximate surface area is 347 Å². The second kappa shape index (κ2) is 19.8. The first-order valence-corrected chi connectivity index (χ1v) is 20.6. The number of carbonyl (C=O) groups excluding carboxylic acids is 5. The van der Waals surface area contributed by atoms with Gasteiger partial charge in [-0.05, 0) is 57.7 Å². The zero-order chi connectivity index (χ0) is 42.2. The number of allylic oxidation sites excluding steroid dienone is 3. The number of fused-ring (bicyclic) bond motifs is 5. The number of hydrogen-bond donors (Lipinski definition) is 3. The van der Waals surface area contributed by atoms with Crippen molar-refractivity contribution in [3.8, 4) is 5.75 Å². The van der Waals surface area contributed by atoms with Gasteiger partial charge >= 0.3 is 12.1 Å². The maximum absolute atomic E-state index is 14.2. The molecule has 3 aliphatic heterocycles. The van der Waals surface area contributed by atoms with Gasteiger partial charge in [0.15, 0.2) is 5.72 Å². The lowest BCUT2D eigenvalue weighted by Gasteiger charge is -2.42. The van der Waals surface area contributed by atoms with E-state index in [4.69, 9.17) is 35.3 Å². The molecule has 7 unspecified atom stereocenters. The minimum Gasteiger partial charge on any atom is -0.495 e. The van der Waals surface area contributed by atoms with Crippen molar-refractivity contribution >= 4 is 63.0 Å². The average molecular weight is 884 g/mol. The summed E-state index contributed by atoms with van der Waals surface area (Å²) >= 11 is 9.87. The highest BCUT2D eigenvalue weighted by atomic mass is 79.9.